The van der Waals surface area contributed by atoms with Crippen molar-refractivity contribution in [3.63, 3.8) is 0 Å². The second kappa shape index (κ2) is 4.70. The van der Waals surface area contributed by atoms with E-state index in [4.69, 9.17) is 0 Å². The maximum absolute atomic E-state index is 12.9. The summed E-state index contributed by atoms with van der Waals surface area (Å²) in [6.07, 6.45) is -1.61. The molecule has 0 spiro atoms. The van der Waals surface area contributed by atoms with E-state index in [2.05, 4.69) is 10.1 Å². The third-order valence-corrected chi connectivity index (χ3v) is 3.90. The second-order valence-corrected chi connectivity index (χ2v) is 5.40. The van der Waals surface area contributed by atoms with Crippen LogP contribution in [0.1, 0.15) is 11.1 Å². The number of alkyl halides is 3. The Morgan fingerprint density at radius 3 is 2.75 bits per heavy atom. The summed E-state index contributed by atoms with van der Waals surface area (Å²) in [6, 6.07) is 4.84. The normalized spacial score (nSPS) is 14.0. The van der Waals surface area contributed by atoms with E-state index in [-0.39, 0.29) is 11.9 Å². The summed E-state index contributed by atoms with van der Waals surface area (Å²) in [6.45, 7) is 0.0408. The van der Waals surface area contributed by atoms with Crippen LogP contribution in [0.2, 0.25) is 0 Å². The molecule has 3 heterocycles. The molecule has 3 aromatic rings. The number of H-pyrrole nitrogens is 1. The van der Waals surface area contributed by atoms with Crippen LogP contribution in [-0.2, 0) is 12.7 Å². The van der Waals surface area contributed by atoms with Gasteiger partial charge in [0.15, 0.2) is 5.65 Å². The molecule has 0 fully saturated rings. The summed E-state index contributed by atoms with van der Waals surface area (Å²) in [7, 11) is 0. The molecule has 1 aliphatic heterocycles. The molecule has 2 aromatic heterocycles. The van der Waals surface area contributed by atoms with Gasteiger partial charge in [0, 0.05) is 6.20 Å². The summed E-state index contributed by atoms with van der Waals surface area (Å²) in [5, 5.41) is 4.26. The summed E-state index contributed by atoms with van der Waals surface area (Å²) in [5.41, 5.74) is -0.823. The molecule has 0 radical (unpaired) electrons. The van der Waals surface area contributed by atoms with Gasteiger partial charge < -0.3 is 0 Å². The number of hydrogen-bond acceptors (Lipinski definition) is 3. The van der Waals surface area contributed by atoms with E-state index >= 15 is 0 Å². The minimum absolute atomic E-state index is 0.0408. The van der Waals surface area contributed by atoms with Gasteiger partial charge in [-0.3, -0.25) is 14.3 Å². The molecule has 0 saturated heterocycles. The SMILES string of the molecule is O=c1[nH]c(=O)n2c3c1cnn3C=C(c1cccc(C(F)(F)F)c1)C2. The average molecular weight is 334 g/mol. The molecule has 0 aliphatic carbocycles. The van der Waals surface area contributed by atoms with Gasteiger partial charge in [-0.05, 0) is 23.3 Å². The van der Waals surface area contributed by atoms with Crippen LogP contribution in [0.4, 0.5) is 13.2 Å². The van der Waals surface area contributed by atoms with Crippen LogP contribution in [0.3, 0.4) is 0 Å². The van der Waals surface area contributed by atoms with Gasteiger partial charge in [0.25, 0.3) is 5.56 Å². The number of halogens is 3. The van der Waals surface area contributed by atoms with Crippen molar-refractivity contribution < 1.29 is 13.2 Å². The quantitative estimate of drug-likeness (QED) is 0.739. The average Bonchev–Trinajstić information content (AvgIpc) is 2.96. The molecule has 0 saturated carbocycles. The molecule has 24 heavy (non-hydrogen) atoms. The van der Waals surface area contributed by atoms with E-state index < -0.39 is 23.0 Å². The highest BCUT2D eigenvalue weighted by Crippen LogP contribution is 2.32. The Morgan fingerprint density at radius 2 is 2.00 bits per heavy atom. The van der Waals surface area contributed by atoms with Gasteiger partial charge in [0.1, 0.15) is 5.39 Å². The van der Waals surface area contributed by atoms with E-state index in [1.165, 1.54) is 33.8 Å². The first-order chi connectivity index (χ1) is 11.3. The molecule has 0 unspecified atom stereocenters. The van der Waals surface area contributed by atoms with E-state index in [1.807, 2.05) is 0 Å². The van der Waals surface area contributed by atoms with Crippen LogP contribution in [0.5, 0.6) is 0 Å². The number of aromatic amines is 1. The van der Waals surface area contributed by atoms with E-state index in [0.717, 1.165) is 12.1 Å². The predicted molar refractivity (Wildman–Crippen MR) is 80.2 cm³/mol. The lowest BCUT2D eigenvalue weighted by Gasteiger charge is -2.18. The Hall–Kier alpha value is -3.10. The van der Waals surface area contributed by atoms with Crippen LogP contribution in [-0.4, -0.2) is 19.3 Å². The summed E-state index contributed by atoms with van der Waals surface area (Å²) in [5.74, 6) is 0. The van der Waals surface area contributed by atoms with Gasteiger partial charge in [0.05, 0.1) is 18.3 Å². The zero-order valence-electron chi connectivity index (χ0n) is 12.0. The predicted octanol–water partition coefficient (Wildman–Crippen LogP) is 1.92. The van der Waals surface area contributed by atoms with Crippen LogP contribution in [0.15, 0.2) is 40.1 Å². The zero-order valence-corrected chi connectivity index (χ0v) is 12.0. The highest BCUT2D eigenvalue weighted by Gasteiger charge is 2.31. The standard InChI is InChI=1S/C15H9F3N4O2/c16-15(17,18)10-3-1-2-8(4-10)9-6-21-13-11(5-19-22(13)7-9)12(23)20-14(21)24/h1-5,7H,6H2,(H,20,23,24). The molecule has 1 N–H and O–H groups in total. The Kier molecular flexibility index (Phi) is 2.84. The van der Waals surface area contributed by atoms with Gasteiger partial charge in [-0.2, -0.15) is 18.3 Å². The fraction of sp³-hybridized carbons (Fsp3) is 0.133. The van der Waals surface area contributed by atoms with Crippen LogP contribution in [0.25, 0.3) is 22.8 Å². The lowest BCUT2D eigenvalue weighted by molar-refractivity contribution is -0.137. The van der Waals surface area contributed by atoms with Crippen molar-refractivity contribution in [1.29, 1.82) is 0 Å². The van der Waals surface area contributed by atoms with Gasteiger partial charge >= 0.3 is 11.9 Å². The molecule has 9 heteroatoms. The first-order valence-electron chi connectivity index (χ1n) is 6.93. The highest BCUT2D eigenvalue weighted by molar-refractivity contribution is 5.84. The van der Waals surface area contributed by atoms with Gasteiger partial charge in [0.2, 0.25) is 0 Å². The van der Waals surface area contributed by atoms with Gasteiger partial charge in [-0.25, -0.2) is 9.48 Å². The number of allylic oxidation sites excluding steroid dienone is 1. The van der Waals surface area contributed by atoms with E-state index in [9.17, 15) is 22.8 Å². The highest BCUT2D eigenvalue weighted by atomic mass is 19.4. The monoisotopic (exact) mass is 334 g/mol. The number of benzene rings is 1. The molecule has 4 rings (SSSR count). The van der Waals surface area contributed by atoms with E-state index in [1.54, 1.807) is 0 Å². The second-order valence-electron chi connectivity index (χ2n) is 5.40. The Balaban J connectivity index is 1.91. The number of nitrogens with zero attached hydrogens (tertiary/aromatic N) is 3. The van der Waals surface area contributed by atoms with Crippen molar-refractivity contribution >= 4 is 22.8 Å². The van der Waals surface area contributed by atoms with Crippen LogP contribution >= 0.6 is 0 Å². The molecule has 0 atom stereocenters. The van der Waals surface area contributed by atoms with Crippen LogP contribution in [0, 0.1) is 0 Å². The minimum Gasteiger partial charge on any atom is -0.273 e. The van der Waals surface area contributed by atoms with Crippen molar-refractivity contribution in [2.45, 2.75) is 12.7 Å². The molecule has 0 bridgehead atoms. The Bertz CT molecular complexity index is 1120. The summed E-state index contributed by atoms with van der Waals surface area (Å²) in [4.78, 5) is 26.0. The molecule has 6 nitrogen and oxygen atoms in total. The third kappa shape index (κ3) is 2.08. The maximum Gasteiger partial charge on any atom is 0.416 e. The molecular weight excluding hydrogens is 325 g/mol. The molecular formula is C15H9F3N4O2. The molecule has 1 aliphatic rings. The van der Waals surface area contributed by atoms with Crippen molar-refractivity contribution in [3.05, 3.63) is 62.4 Å². The van der Waals surface area contributed by atoms with Crippen molar-refractivity contribution in [1.82, 2.24) is 19.3 Å². The smallest absolute Gasteiger partial charge is 0.273 e. The largest absolute Gasteiger partial charge is 0.416 e. The van der Waals surface area contributed by atoms with Crippen molar-refractivity contribution in [2.24, 2.45) is 0 Å². The fourth-order valence-corrected chi connectivity index (χ4v) is 2.77. The maximum atomic E-state index is 12.9. The molecule has 1 aromatic carbocycles. The minimum atomic E-state index is -4.45. The Morgan fingerprint density at radius 1 is 1.21 bits per heavy atom. The van der Waals surface area contributed by atoms with Gasteiger partial charge in [-0.1, -0.05) is 12.1 Å². The van der Waals surface area contributed by atoms with Crippen molar-refractivity contribution in [2.75, 3.05) is 0 Å². The number of nitrogens with one attached hydrogen (secondary N) is 1. The van der Waals surface area contributed by atoms with Gasteiger partial charge in [-0.15, -0.1) is 0 Å². The topological polar surface area (TPSA) is 72.7 Å². The number of aromatic nitrogens is 4. The first-order valence-corrected chi connectivity index (χ1v) is 6.93. The number of rotatable bonds is 1. The summed E-state index contributed by atoms with van der Waals surface area (Å²) < 4.78 is 41.3. The van der Waals surface area contributed by atoms with E-state index in [0.29, 0.717) is 16.8 Å². The lowest BCUT2D eigenvalue weighted by atomic mass is 10.0. The number of hydrogen-bond donors (Lipinski definition) is 1. The van der Waals surface area contributed by atoms with Crippen LogP contribution < -0.4 is 11.2 Å². The zero-order chi connectivity index (χ0) is 17.1. The lowest BCUT2D eigenvalue weighted by Crippen LogP contribution is -2.32. The molecule has 122 valence electrons. The first kappa shape index (κ1) is 14.5. The summed E-state index contributed by atoms with van der Waals surface area (Å²) >= 11 is 0. The molecule has 0 amide bonds. The van der Waals surface area contributed by atoms with Crippen molar-refractivity contribution in [3.8, 4) is 0 Å². The third-order valence-electron chi connectivity index (χ3n) is 3.90. The fourth-order valence-electron chi connectivity index (χ4n) is 2.77. The Labute approximate surface area is 131 Å².